The van der Waals surface area contributed by atoms with Crippen molar-refractivity contribution in [3.05, 3.63) is 47.1 Å². The van der Waals surface area contributed by atoms with Crippen molar-refractivity contribution >= 4 is 33.1 Å². The number of carbonyl (C=O) groups is 1. The molecule has 1 saturated heterocycles. The van der Waals surface area contributed by atoms with Gasteiger partial charge < -0.3 is 4.74 Å². The summed E-state index contributed by atoms with van der Waals surface area (Å²) in [7, 11) is -3.62. The van der Waals surface area contributed by atoms with E-state index in [0.717, 1.165) is 4.88 Å². The summed E-state index contributed by atoms with van der Waals surface area (Å²) < 4.78 is 45.1. The van der Waals surface area contributed by atoms with Crippen LogP contribution in [0.5, 0.6) is 0 Å². The average molecular weight is 370 g/mol. The van der Waals surface area contributed by atoms with Gasteiger partial charge in [0.2, 0.25) is 10.0 Å². The maximum atomic E-state index is 13.0. The first kappa shape index (κ1) is 16.9. The molecule has 0 radical (unpaired) electrons. The number of hydrogen-bond donors (Lipinski definition) is 1. The lowest BCUT2D eigenvalue weighted by molar-refractivity contribution is 0.143. The van der Waals surface area contributed by atoms with E-state index in [1.165, 1.54) is 46.6 Å². The van der Waals surface area contributed by atoms with Crippen molar-refractivity contribution in [3.63, 3.8) is 0 Å². The molecule has 128 valence electrons. The molecule has 1 aromatic carbocycles. The number of nitrogens with one attached hydrogen (secondary N) is 1. The van der Waals surface area contributed by atoms with Gasteiger partial charge in [0.25, 0.3) is 0 Å². The Kier molecular flexibility index (Phi) is 4.57. The molecule has 24 heavy (non-hydrogen) atoms. The maximum Gasteiger partial charge on any atom is 0.414 e. The lowest BCUT2D eigenvalue weighted by Gasteiger charge is -2.12. The standard InChI is InChI=1S/C15H15FN2O4S2/c1-10-2-7-14(23-10)24(20,21)17-8-13-9-18(15(19)22-13)12-5-3-11(16)4-6-12/h2-7,13,17H,8-9H2,1H3. The van der Waals surface area contributed by atoms with Crippen LogP contribution in [0, 0.1) is 12.7 Å². The smallest absolute Gasteiger partial charge is 0.414 e. The quantitative estimate of drug-likeness (QED) is 0.877. The van der Waals surface area contributed by atoms with Crippen molar-refractivity contribution in [1.82, 2.24) is 4.72 Å². The van der Waals surface area contributed by atoms with Gasteiger partial charge in [-0.2, -0.15) is 0 Å². The summed E-state index contributed by atoms with van der Waals surface area (Å²) in [5, 5.41) is 0. The van der Waals surface area contributed by atoms with Crippen LogP contribution < -0.4 is 9.62 Å². The van der Waals surface area contributed by atoms with Crippen molar-refractivity contribution in [3.8, 4) is 0 Å². The molecule has 1 atom stereocenters. The lowest BCUT2D eigenvalue weighted by Crippen LogP contribution is -2.34. The van der Waals surface area contributed by atoms with Crippen LogP contribution >= 0.6 is 11.3 Å². The molecule has 0 saturated carbocycles. The molecule has 1 aromatic heterocycles. The molecule has 6 nitrogen and oxygen atoms in total. The largest absolute Gasteiger partial charge is 0.443 e. The molecule has 3 rings (SSSR count). The molecule has 1 unspecified atom stereocenters. The molecule has 2 aromatic rings. The van der Waals surface area contributed by atoms with Crippen LogP contribution in [0.3, 0.4) is 0 Å². The Morgan fingerprint density at radius 3 is 2.62 bits per heavy atom. The van der Waals surface area contributed by atoms with Crippen LogP contribution in [0.25, 0.3) is 0 Å². The zero-order valence-corrected chi connectivity index (χ0v) is 14.4. The topological polar surface area (TPSA) is 75.7 Å². The minimum Gasteiger partial charge on any atom is -0.443 e. The number of benzene rings is 1. The number of nitrogens with zero attached hydrogens (tertiary/aromatic N) is 1. The number of thiophene rings is 1. The van der Waals surface area contributed by atoms with E-state index in [0.29, 0.717) is 5.69 Å². The van der Waals surface area contributed by atoms with E-state index in [1.54, 1.807) is 6.07 Å². The summed E-state index contributed by atoms with van der Waals surface area (Å²) >= 11 is 1.17. The average Bonchev–Trinajstić information content (AvgIpc) is 3.13. The van der Waals surface area contributed by atoms with Crippen molar-refractivity contribution in [2.75, 3.05) is 18.0 Å². The number of halogens is 1. The van der Waals surface area contributed by atoms with Crippen molar-refractivity contribution in [2.24, 2.45) is 0 Å². The highest BCUT2D eigenvalue weighted by Gasteiger charge is 2.33. The van der Waals surface area contributed by atoms with Gasteiger partial charge in [-0.3, -0.25) is 4.90 Å². The van der Waals surface area contributed by atoms with Gasteiger partial charge in [0, 0.05) is 17.1 Å². The monoisotopic (exact) mass is 370 g/mol. The number of hydrogen-bond acceptors (Lipinski definition) is 5. The molecule has 1 aliphatic heterocycles. The highest BCUT2D eigenvalue weighted by atomic mass is 32.2. The normalized spacial score (nSPS) is 18.0. The van der Waals surface area contributed by atoms with Crippen molar-refractivity contribution < 1.29 is 22.3 Å². The van der Waals surface area contributed by atoms with Crippen molar-refractivity contribution in [2.45, 2.75) is 17.2 Å². The zero-order chi connectivity index (χ0) is 17.3. The number of ether oxygens (including phenoxy) is 1. The Morgan fingerprint density at radius 1 is 1.29 bits per heavy atom. The van der Waals surface area contributed by atoms with E-state index in [-0.39, 0.29) is 17.3 Å². The first-order valence-electron chi connectivity index (χ1n) is 7.15. The van der Waals surface area contributed by atoms with Crippen LogP contribution in [0.2, 0.25) is 0 Å². The van der Waals surface area contributed by atoms with E-state index in [4.69, 9.17) is 4.74 Å². The third-order valence-electron chi connectivity index (χ3n) is 3.49. The fourth-order valence-electron chi connectivity index (χ4n) is 2.29. The molecule has 2 heterocycles. The van der Waals surface area contributed by atoms with Gasteiger partial charge in [-0.15, -0.1) is 11.3 Å². The number of cyclic esters (lactones) is 1. The van der Waals surface area contributed by atoms with Crippen LogP contribution in [0.15, 0.2) is 40.6 Å². The predicted octanol–water partition coefficient (Wildman–Crippen LogP) is 2.50. The summed E-state index contributed by atoms with van der Waals surface area (Å²) in [6.45, 7) is 1.99. The fraction of sp³-hybridized carbons (Fsp3) is 0.267. The van der Waals surface area contributed by atoms with Crippen molar-refractivity contribution in [1.29, 1.82) is 0 Å². The third kappa shape index (κ3) is 3.58. The van der Waals surface area contributed by atoms with E-state index in [2.05, 4.69) is 4.72 Å². The van der Waals surface area contributed by atoms with E-state index < -0.39 is 28.0 Å². The highest BCUT2D eigenvalue weighted by Crippen LogP contribution is 2.23. The molecule has 9 heteroatoms. The van der Waals surface area contributed by atoms with Crippen LogP contribution in [0.4, 0.5) is 14.9 Å². The second kappa shape index (κ2) is 6.50. The number of rotatable bonds is 5. The molecule has 0 aliphatic carbocycles. The Bertz CT molecular complexity index is 849. The van der Waals surface area contributed by atoms with E-state index in [9.17, 15) is 17.6 Å². The second-order valence-electron chi connectivity index (χ2n) is 5.31. The summed E-state index contributed by atoms with van der Waals surface area (Å²) in [5.74, 6) is -0.401. The third-order valence-corrected chi connectivity index (χ3v) is 6.41. The lowest BCUT2D eigenvalue weighted by atomic mass is 10.2. The first-order chi connectivity index (χ1) is 11.3. The molecule has 1 fully saturated rings. The van der Waals surface area contributed by atoms with E-state index in [1.807, 2.05) is 6.92 Å². The SMILES string of the molecule is Cc1ccc(S(=O)(=O)NCC2CN(c3ccc(F)cc3)C(=O)O2)s1. The minimum absolute atomic E-state index is 0.0251. The maximum absolute atomic E-state index is 13.0. The Labute approximate surface area is 142 Å². The second-order valence-corrected chi connectivity index (χ2v) is 8.59. The summed E-state index contributed by atoms with van der Waals surface area (Å²) in [6.07, 6.45) is -1.20. The van der Waals surface area contributed by atoms with Crippen LogP contribution in [0.1, 0.15) is 4.88 Å². The molecular formula is C15H15FN2O4S2. The molecule has 1 N–H and O–H groups in total. The van der Waals surface area contributed by atoms with Gasteiger partial charge in [-0.1, -0.05) is 0 Å². The fourth-order valence-corrected chi connectivity index (χ4v) is 4.68. The number of amides is 1. The van der Waals surface area contributed by atoms with Crippen LogP contribution in [-0.4, -0.2) is 33.7 Å². The first-order valence-corrected chi connectivity index (χ1v) is 9.45. The molecule has 0 spiro atoms. The zero-order valence-electron chi connectivity index (χ0n) is 12.7. The molecule has 1 amide bonds. The molecular weight excluding hydrogens is 355 g/mol. The van der Waals surface area contributed by atoms with Gasteiger partial charge in [-0.25, -0.2) is 22.3 Å². The molecule has 1 aliphatic rings. The number of aryl methyl sites for hydroxylation is 1. The van der Waals surface area contributed by atoms with Gasteiger partial charge in [0.05, 0.1) is 6.54 Å². The number of anilines is 1. The van der Waals surface area contributed by atoms with Gasteiger partial charge in [0.1, 0.15) is 16.1 Å². The summed E-state index contributed by atoms with van der Waals surface area (Å²) in [5.41, 5.74) is 0.501. The number of carbonyl (C=O) groups excluding carboxylic acids is 1. The van der Waals surface area contributed by atoms with E-state index >= 15 is 0 Å². The number of sulfonamides is 1. The Hall–Kier alpha value is -1.97. The Balaban J connectivity index is 1.63. The highest BCUT2D eigenvalue weighted by molar-refractivity contribution is 7.91. The summed E-state index contributed by atoms with van der Waals surface area (Å²) in [6, 6.07) is 8.70. The van der Waals surface area contributed by atoms with Crippen LogP contribution in [-0.2, 0) is 14.8 Å². The predicted molar refractivity (Wildman–Crippen MR) is 88.3 cm³/mol. The van der Waals surface area contributed by atoms with Gasteiger partial charge >= 0.3 is 6.09 Å². The van der Waals surface area contributed by atoms with Gasteiger partial charge in [0.15, 0.2) is 0 Å². The summed E-state index contributed by atoms with van der Waals surface area (Å²) in [4.78, 5) is 14.1. The van der Waals surface area contributed by atoms with Gasteiger partial charge in [-0.05, 0) is 43.3 Å². The minimum atomic E-state index is -3.62. The molecule has 0 bridgehead atoms. The Morgan fingerprint density at radius 2 is 2.00 bits per heavy atom.